The molecule has 1 N–H and O–H groups in total. The summed E-state index contributed by atoms with van der Waals surface area (Å²) in [6, 6.07) is 0. The highest BCUT2D eigenvalue weighted by Gasteiger charge is 2.55. The van der Waals surface area contributed by atoms with Crippen LogP contribution in [0, 0.1) is 23.2 Å². The molecule has 100 valence electrons. The third kappa shape index (κ3) is 2.70. The van der Waals surface area contributed by atoms with Gasteiger partial charge in [-0.05, 0) is 68.1 Å². The second kappa shape index (κ2) is 4.57. The zero-order valence-corrected chi connectivity index (χ0v) is 12.1. The van der Waals surface area contributed by atoms with Crippen molar-refractivity contribution >= 4 is 0 Å². The van der Waals surface area contributed by atoms with Crippen LogP contribution in [0.5, 0.6) is 0 Å². The third-order valence-electron chi connectivity index (χ3n) is 5.41. The van der Waals surface area contributed by atoms with Gasteiger partial charge in [0.1, 0.15) is 0 Å². The average molecular weight is 238 g/mol. The molecule has 0 unspecified atom stereocenters. The molecule has 17 heavy (non-hydrogen) atoms. The van der Waals surface area contributed by atoms with E-state index in [2.05, 4.69) is 27.7 Å². The first kappa shape index (κ1) is 13.4. The Morgan fingerprint density at radius 2 is 1.59 bits per heavy atom. The van der Waals surface area contributed by atoms with Gasteiger partial charge in [0.2, 0.25) is 0 Å². The highest BCUT2D eigenvalue weighted by atomic mass is 16.3. The Hall–Kier alpha value is -0.0400. The van der Waals surface area contributed by atoms with Crippen molar-refractivity contribution in [1.82, 2.24) is 0 Å². The summed E-state index contributed by atoms with van der Waals surface area (Å²) in [5, 5.41) is 10.4. The molecule has 1 heteroatoms. The number of rotatable bonds is 3. The van der Waals surface area contributed by atoms with Gasteiger partial charge in [-0.15, -0.1) is 0 Å². The molecule has 2 fully saturated rings. The Labute approximate surface area is 107 Å². The van der Waals surface area contributed by atoms with Crippen LogP contribution in [-0.4, -0.2) is 10.7 Å². The van der Waals surface area contributed by atoms with E-state index in [1.165, 1.54) is 32.1 Å². The fourth-order valence-electron chi connectivity index (χ4n) is 4.20. The molecular formula is C16H30O. The smallest absolute Gasteiger partial charge is 0.0681 e. The Morgan fingerprint density at radius 1 is 1.06 bits per heavy atom. The van der Waals surface area contributed by atoms with Gasteiger partial charge in [0.25, 0.3) is 0 Å². The van der Waals surface area contributed by atoms with Crippen molar-refractivity contribution in [2.45, 2.75) is 78.2 Å². The van der Waals surface area contributed by atoms with Gasteiger partial charge in [0.05, 0.1) is 5.60 Å². The van der Waals surface area contributed by atoms with Crippen LogP contribution in [0.15, 0.2) is 0 Å². The van der Waals surface area contributed by atoms with Crippen molar-refractivity contribution in [3.63, 3.8) is 0 Å². The van der Waals surface area contributed by atoms with E-state index in [1.54, 1.807) is 0 Å². The second-order valence-corrected chi connectivity index (χ2v) is 7.68. The van der Waals surface area contributed by atoms with E-state index in [-0.39, 0.29) is 5.60 Å². The molecule has 0 aliphatic heterocycles. The molecule has 0 aromatic rings. The zero-order valence-electron chi connectivity index (χ0n) is 12.1. The van der Waals surface area contributed by atoms with Gasteiger partial charge in [-0.1, -0.05) is 27.7 Å². The van der Waals surface area contributed by atoms with Gasteiger partial charge in [0.15, 0.2) is 0 Å². The Bertz CT molecular complexity index is 251. The van der Waals surface area contributed by atoms with Crippen molar-refractivity contribution in [3.05, 3.63) is 0 Å². The molecule has 0 amide bonds. The monoisotopic (exact) mass is 238 g/mol. The fraction of sp³-hybridized carbons (Fsp3) is 1.00. The normalized spacial score (nSPS) is 42.2. The number of aliphatic hydroxyl groups is 1. The lowest BCUT2D eigenvalue weighted by atomic mass is 9.50. The minimum Gasteiger partial charge on any atom is -0.390 e. The first-order valence-corrected chi connectivity index (χ1v) is 7.58. The topological polar surface area (TPSA) is 20.2 Å². The Balaban J connectivity index is 1.81. The summed E-state index contributed by atoms with van der Waals surface area (Å²) >= 11 is 0. The highest BCUT2D eigenvalue weighted by molar-refractivity contribution is 5.06. The van der Waals surface area contributed by atoms with Crippen molar-refractivity contribution in [2.24, 2.45) is 23.2 Å². The molecule has 2 saturated carbocycles. The molecule has 0 saturated heterocycles. The lowest BCUT2D eigenvalue weighted by molar-refractivity contribution is -0.172. The van der Waals surface area contributed by atoms with E-state index in [4.69, 9.17) is 0 Å². The number of hydrogen-bond acceptors (Lipinski definition) is 1. The van der Waals surface area contributed by atoms with Gasteiger partial charge in [-0.2, -0.15) is 0 Å². The lowest BCUT2D eigenvalue weighted by Crippen LogP contribution is -2.56. The molecule has 0 bridgehead atoms. The maximum atomic E-state index is 10.4. The quantitative estimate of drug-likeness (QED) is 0.773. The molecule has 1 nitrogen and oxygen atoms in total. The molecule has 0 radical (unpaired) electrons. The van der Waals surface area contributed by atoms with Crippen molar-refractivity contribution in [3.8, 4) is 0 Å². The average Bonchev–Trinajstić information content (AvgIpc) is 2.18. The highest BCUT2D eigenvalue weighted by Crippen LogP contribution is 2.60. The van der Waals surface area contributed by atoms with Crippen LogP contribution in [0.4, 0.5) is 0 Å². The fourth-order valence-corrected chi connectivity index (χ4v) is 4.20. The van der Waals surface area contributed by atoms with Crippen LogP contribution in [0.3, 0.4) is 0 Å². The molecule has 0 aromatic carbocycles. The van der Waals surface area contributed by atoms with Crippen molar-refractivity contribution < 1.29 is 5.11 Å². The standard InChI is InChI=1S/C16H30O/c1-12(2)9-14-5-7-15(8-6-14)10-16(17,11-15)13(3)4/h12-14,17H,5-11H2,1-4H3. The first-order valence-electron chi connectivity index (χ1n) is 7.58. The Morgan fingerprint density at radius 3 is 2.00 bits per heavy atom. The first-order chi connectivity index (χ1) is 7.85. The minimum absolute atomic E-state index is 0.328. The summed E-state index contributed by atoms with van der Waals surface area (Å²) < 4.78 is 0. The lowest BCUT2D eigenvalue weighted by Gasteiger charge is -2.58. The molecule has 1 spiro atoms. The molecule has 0 aromatic heterocycles. The van der Waals surface area contributed by atoms with E-state index in [0.29, 0.717) is 11.3 Å². The van der Waals surface area contributed by atoms with Gasteiger partial charge >= 0.3 is 0 Å². The van der Waals surface area contributed by atoms with Crippen LogP contribution >= 0.6 is 0 Å². The Kier molecular flexibility index (Phi) is 3.60. The second-order valence-electron chi connectivity index (χ2n) is 7.68. The van der Waals surface area contributed by atoms with Gasteiger partial charge < -0.3 is 5.11 Å². The van der Waals surface area contributed by atoms with Gasteiger partial charge in [0, 0.05) is 0 Å². The molecule has 2 aliphatic carbocycles. The molecule has 0 heterocycles. The van der Waals surface area contributed by atoms with Crippen LogP contribution < -0.4 is 0 Å². The van der Waals surface area contributed by atoms with E-state index in [9.17, 15) is 5.11 Å². The molecule has 2 rings (SSSR count). The predicted octanol–water partition coefficient (Wildman–Crippen LogP) is 4.39. The summed E-state index contributed by atoms with van der Waals surface area (Å²) in [5.41, 5.74) is 0.206. The van der Waals surface area contributed by atoms with Gasteiger partial charge in [-0.3, -0.25) is 0 Å². The molecule has 2 aliphatic rings. The van der Waals surface area contributed by atoms with Gasteiger partial charge in [-0.25, -0.2) is 0 Å². The number of hydrogen-bond donors (Lipinski definition) is 1. The van der Waals surface area contributed by atoms with Crippen LogP contribution in [0.2, 0.25) is 0 Å². The van der Waals surface area contributed by atoms with Crippen molar-refractivity contribution in [2.75, 3.05) is 0 Å². The van der Waals surface area contributed by atoms with Crippen molar-refractivity contribution in [1.29, 1.82) is 0 Å². The van der Waals surface area contributed by atoms with E-state index in [1.807, 2.05) is 0 Å². The molecular weight excluding hydrogens is 208 g/mol. The van der Waals surface area contributed by atoms with Crippen LogP contribution in [0.25, 0.3) is 0 Å². The van der Waals surface area contributed by atoms with E-state index in [0.717, 1.165) is 24.7 Å². The summed E-state index contributed by atoms with van der Waals surface area (Å²) in [6.07, 6.45) is 9.13. The maximum absolute atomic E-state index is 10.4. The summed E-state index contributed by atoms with van der Waals surface area (Å²) in [7, 11) is 0. The summed E-state index contributed by atoms with van der Waals surface area (Å²) in [6.45, 7) is 9.00. The predicted molar refractivity (Wildman–Crippen MR) is 72.9 cm³/mol. The van der Waals surface area contributed by atoms with E-state index >= 15 is 0 Å². The molecule has 0 atom stereocenters. The van der Waals surface area contributed by atoms with Crippen LogP contribution in [-0.2, 0) is 0 Å². The van der Waals surface area contributed by atoms with E-state index < -0.39 is 0 Å². The third-order valence-corrected chi connectivity index (χ3v) is 5.41. The van der Waals surface area contributed by atoms with Crippen LogP contribution in [0.1, 0.15) is 72.6 Å². The SMILES string of the molecule is CC(C)CC1CCC2(CC1)CC(O)(C(C)C)C2. The zero-order chi connectivity index (χ0) is 12.7. The summed E-state index contributed by atoms with van der Waals surface area (Å²) in [5.74, 6) is 2.25. The summed E-state index contributed by atoms with van der Waals surface area (Å²) in [4.78, 5) is 0. The largest absolute Gasteiger partial charge is 0.390 e. The minimum atomic E-state index is -0.328. The maximum Gasteiger partial charge on any atom is 0.0681 e.